The highest BCUT2D eigenvalue weighted by Crippen LogP contribution is 2.70. The molecule has 0 radical (unpaired) electrons. The summed E-state index contributed by atoms with van der Waals surface area (Å²) in [6.07, 6.45) is 9.36. The number of imidazole rings is 1. The normalized spacial score (nSPS) is 28.5. The number of pyridine rings is 1. The predicted molar refractivity (Wildman–Crippen MR) is 149 cm³/mol. The topological polar surface area (TPSA) is 73.9 Å². The number of H-pyrrole nitrogens is 1. The summed E-state index contributed by atoms with van der Waals surface area (Å²) in [6, 6.07) is 5.90. The Balaban J connectivity index is 1.22. The van der Waals surface area contributed by atoms with Crippen LogP contribution in [0.2, 0.25) is 0 Å². The van der Waals surface area contributed by atoms with Gasteiger partial charge in [0.15, 0.2) is 5.75 Å². The molecule has 37 heavy (non-hydrogen) atoms. The molecular formula is C31H39N3O2S. The molecule has 4 aliphatic carbocycles. The van der Waals surface area contributed by atoms with E-state index in [1.54, 1.807) is 0 Å². The van der Waals surface area contributed by atoms with Crippen molar-refractivity contribution >= 4 is 22.2 Å². The van der Waals surface area contributed by atoms with Crippen molar-refractivity contribution in [3.8, 4) is 5.75 Å². The molecule has 7 rings (SSSR count). The molecule has 196 valence electrons. The molecule has 3 aromatic rings. The minimum atomic E-state index is -1.32. The number of aromatic amines is 1. The molecule has 4 saturated carbocycles. The number of hydrogen-bond donors (Lipinski definition) is 1. The standard InChI is InChI=1S/C31H39N3O2S/c1-7-25-18(2)16-32-28(19(25)3)17-37(35)29-33-26-9-8-24(13-27(26)34-29)36-20(4)31-14-21-10-22(15-31)12-23(11-21)30(31,5)6/h8-9,13,16,21-23H,4,7,10-12,14-15,17H2,1-3,5-6H3,(H,33,34). The van der Waals surface area contributed by atoms with Crippen LogP contribution in [0.3, 0.4) is 0 Å². The summed E-state index contributed by atoms with van der Waals surface area (Å²) < 4.78 is 19.8. The van der Waals surface area contributed by atoms with E-state index in [1.165, 1.54) is 43.2 Å². The fourth-order valence-corrected chi connectivity index (χ4v) is 9.24. The summed E-state index contributed by atoms with van der Waals surface area (Å²) in [5, 5.41) is 0.480. The maximum atomic E-state index is 13.2. The molecule has 2 aromatic heterocycles. The van der Waals surface area contributed by atoms with E-state index in [0.29, 0.717) is 10.9 Å². The SMILES string of the molecule is C=C(Oc1ccc2[nH]c([S+]([O-])Cc3ncc(C)c(CC)c3C)nc2c1)C12CC3CC(CC(C3)C1(C)C)C2. The fraction of sp³-hybridized carbons (Fsp3) is 0.548. The van der Waals surface area contributed by atoms with Gasteiger partial charge in [0.05, 0.1) is 16.7 Å². The van der Waals surface area contributed by atoms with Crippen LogP contribution in [0.4, 0.5) is 0 Å². The number of nitrogens with one attached hydrogen (secondary N) is 1. The van der Waals surface area contributed by atoms with Gasteiger partial charge in [-0.05, 0) is 104 Å². The zero-order valence-electron chi connectivity index (χ0n) is 22.8. The zero-order chi connectivity index (χ0) is 26.1. The van der Waals surface area contributed by atoms with Gasteiger partial charge >= 0.3 is 5.16 Å². The van der Waals surface area contributed by atoms with Crippen molar-refractivity contribution in [1.29, 1.82) is 0 Å². The van der Waals surface area contributed by atoms with Gasteiger partial charge < -0.3 is 9.29 Å². The van der Waals surface area contributed by atoms with Crippen molar-refractivity contribution in [2.24, 2.45) is 28.6 Å². The summed E-state index contributed by atoms with van der Waals surface area (Å²) in [5.41, 5.74) is 6.36. The number of allylic oxidation sites excluding steroid dienone is 1. The molecule has 2 heterocycles. The van der Waals surface area contributed by atoms with Crippen molar-refractivity contribution in [3.05, 3.63) is 59.1 Å². The minimum Gasteiger partial charge on any atom is -0.609 e. The molecule has 0 amide bonds. The van der Waals surface area contributed by atoms with Gasteiger partial charge in [0.25, 0.3) is 0 Å². The molecule has 3 unspecified atom stereocenters. The molecule has 0 saturated heterocycles. The van der Waals surface area contributed by atoms with Crippen LogP contribution in [0, 0.1) is 42.4 Å². The molecule has 4 fully saturated rings. The van der Waals surface area contributed by atoms with Crippen LogP contribution < -0.4 is 4.74 Å². The first kappa shape index (κ1) is 25.0. The van der Waals surface area contributed by atoms with Gasteiger partial charge in [-0.25, -0.2) is 0 Å². The summed E-state index contributed by atoms with van der Waals surface area (Å²) in [7, 11) is 0. The van der Waals surface area contributed by atoms with Gasteiger partial charge in [-0.1, -0.05) is 27.4 Å². The Bertz CT molecular complexity index is 1360. The first-order valence-corrected chi connectivity index (χ1v) is 15.1. The highest BCUT2D eigenvalue weighted by Gasteiger charge is 2.63. The average Bonchev–Trinajstić information content (AvgIpc) is 3.28. The van der Waals surface area contributed by atoms with Gasteiger partial charge in [-0.2, -0.15) is 4.98 Å². The summed E-state index contributed by atoms with van der Waals surface area (Å²) in [5.74, 6) is 4.43. The van der Waals surface area contributed by atoms with Crippen molar-refractivity contribution < 1.29 is 9.29 Å². The van der Waals surface area contributed by atoms with E-state index in [9.17, 15) is 4.55 Å². The van der Waals surface area contributed by atoms with Crippen LogP contribution in [0.5, 0.6) is 5.75 Å². The van der Waals surface area contributed by atoms with Crippen LogP contribution in [-0.2, 0) is 23.3 Å². The van der Waals surface area contributed by atoms with Crippen molar-refractivity contribution in [3.63, 3.8) is 0 Å². The smallest absolute Gasteiger partial charge is 0.322 e. The Morgan fingerprint density at radius 2 is 1.92 bits per heavy atom. The maximum Gasteiger partial charge on any atom is 0.322 e. The summed E-state index contributed by atoms with van der Waals surface area (Å²) >= 11 is -1.32. The van der Waals surface area contributed by atoms with Crippen LogP contribution in [-0.4, -0.2) is 19.5 Å². The van der Waals surface area contributed by atoms with Crippen molar-refractivity contribution in [1.82, 2.24) is 15.0 Å². The molecular weight excluding hydrogens is 478 g/mol. The first-order valence-electron chi connectivity index (χ1n) is 13.8. The van der Waals surface area contributed by atoms with Gasteiger partial charge in [0.1, 0.15) is 11.5 Å². The lowest BCUT2D eigenvalue weighted by Gasteiger charge is -2.65. The Morgan fingerprint density at radius 1 is 1.19 bits per heavy atom. The second-order valence-corrected chi connectivity index (χ2v) is 13.8. The Morgan fingerprint density at radius 3 is 2.62 bits per heavy atom. The average molecular weight is 518 g/mol. The molecule has 0 spiro atoms. The monoisotopic (exact) mass is 517 g/mol. The lowest BCUT2D eigenvalue weighted by atomic mass is 9.39. The lowest BCUT2D eigenvalue weighted by molar-refractivity contribution is -0.151. The highest BCUT2D eigenvalue weighted by molar-refractivity contribution is 7.90. The number of rotatable bonds is 7. The van der Waals surface area contributed by atoms with E-state index in [0.717, 1.165) is 58.0 Å². The van der Waals surface area contributed by atoms with E-state index in [1.807, 2.05) is 24.4 Å². The van der Waals surface area contributed by atoms with Crippen molar-refractivity contribution in [2.75, 3.05) is 0 Å². The van der Waals surface area contributed by atoms with Crippen LogP contribution in [0.25, 0.3) is 11.0 Å². The molecule has 4 bridgehead atoms. The Hall–Kier alpha value is -2.31. The molecule has 4 aliphatic rings. The minimum absolute atomic E-state index is 0.0468. The Labute approximate surface area is 223 Å². The molecule has 3 atom stereocenters. The third-order valence-electron chi connectivity index (χ3n) is 10.3. The number of fused-ring (bicyclic) bond motifs is 1. The number of benzene rings is 1. The van der Waals surface area contributed by atoms with Gasteiger partial charge in [0, 0.05) is 28.9 Å². The second-order valence-electron chi connectivity index (χ2n) is 12.4. The van der Waals surface area contributed by atoms with Crippen LogP contribution >= 0.6 is 0 Å². The molecule has 1 N–H and O–H groups in total. The van der Waals surface area contributed by atoms with Crippen LogP contribution in [0.15, 0.2) is 41.9 Å². The number of ether oxygens (including phenoxy) is 1. The number of nitrogens with zero attached hydrogens (tertiary/aromatic N) is 2. The summed E-state index contributed by atoms with van der Waals surface area (Å²) in [4.78, 5) is 12.5. The quantitative estimate of drug-likeness (QED) is 0.266. The molecule has 1 aromatic carbocycles. The van der Waals surface area contributed by atoms with E-state index >= 15 is 0 Å². The number of hydrogen-bond acceptors (Lipinski definition) is 4. The maximum absolute atomic E-state index is 13.2. The molecule has 5 nitrogen and oxygen atoms in total. The molecule has 6 heteroatoms. The predicted octanol–water partition coefficient (Wildman–Crippen LogP) is 7.19. The van der Waals surface area contributed by atoms with E-state index < -0.39 is 11.2 Å². The second kappa shape index (κ2) is 8.88. The zero-order valence-corrected chi connectivity index (χ0v) is 23.6. The number of aryl methyl sites for hydroxylation is 1. The van der Waals surface area contributed by atoms with Gasteiger partial charge in [0.2, 0.25) is 0 Å². The number of aromatic nitrogens is 3. The highest BCUT2D eigenvalue weighted by atomic mass is 32.2. The van der Waals surface area contributed by atoms with Gasteiger partial charge in [-0.15, -0.1) is 0 Å². The van der Waals surface area contributed by atoms with Crippen LogP contribution in [0.1, 0.15) is 75.3 Å². The van der Waals surface area contributed by atoms with Crippen molar-refractivity contribution in [2.45, 2.75) is 84.1 Å². The molecule has 0 aliphatic heterocycles. The summed E-state index contributed by atoms with van der Waals surface area (Å²) in [6.45, 7) is 15.7. The Kier molecular flexibility index (Phi) is 6.00. The first-order chi connectivity index (χ1) is 17.6. The fourth-order valence-electron chi connectivity index (χ4n) is 8.14. The lowest BCUT2D eigenvalue weighted by Crippen LogP contribution is -2.58. The largest absolute Gasteiger partial charge is 0.609 e. The third-order valence-corrected chi connectivity index (χ3v) is 11.4. The van der Waals surface area contributed by atoms with Gasteiger partial charge in [-0.3, -0.25) is 9.97 Å². The van der Waals surface area contributed by atoms with E-state index in [4.69, 9.17) is 9.72 Å². The third kappa shape index (κ3) is 3.94. The van der Waals surface area contributed by atoms with E-state index in [-0.39, 0.29) is 10.8 Å². The van der Waals surface area contributed by atoms with E-state index in [2.05, 4.69) is 51.2 Å².